The Morgan fingerprint density at radius 3 is 2.64 bits per heavy atom. The van der Waals surface area contributed by atoms with Crippen molar-refractivity contribution in [2.75, 3.05) is 18.4 Å². The predicted molar refractivity (Wildman–Crippen MR) is 58.7 cm³/mol. The van der Waals surface area contributed by atoms with Crippen molar-refractivity contribution in [3.8, 4) is 0 Å². The van der Waals surface area contributed by atoms with Crippen LogP contribution in [0.25, 0.3) is 0 Å². The third-order valence-electron chi connectivity index (χ3n) is 2.63. The van der Waals surface area contributed by atoms with E-state index in [9.17, 15) is 0 Å². The number of nitrogens with one attached hydrogen (secondary N) is 3. The predicted octanol–water partition coefficient (Wildman–Crippen LogP) is 1.76. The van der Waals surface area contributed by atoms with Crippen LogP contribution >= 0.6 is 0 Å². The Labute approximate surface area is 84.7 Å². The molecule has 14 heavy (non-hydrogen) atoms. The van der Waals surface area contributed by atoms with Crippen LogP contribution in [0.5, 0.6) is 0 Å². The molecule has 1 aromatic rings. The summed E-state index contributed by atoms with van der Waals surface area (Å²) in [5.41, 5.74) is 9.26. The van der Waals surface area contributed by atoms with Crippen LogP contribution < -0.4 is 16.4 Å². The fourth-order valence-corrected chi connectivity index (χ4v) is 1.80. The van der Waals surface area contributed by atoms with E-state index >= 15 is 0 Å². The summed E-state index contributed by atoms with van der Waals surface area (Å²) in [4.78, 5) is 0. The summed E-state index contributed by atoms with van der Waals surface area (Å²) in [5.74, 6) is 0. The van der Waals surface area contributed by atoms with Crippen LogP contribution in [0.1, 0.15) is 12.8 Å². The SMILES string of the molecule is [NH]c1ccccc1NC1CCNCC1. The van der Waals surface area contributed by atoms with E-state index < -0.39 is 0 Å². The molecule has 1 aliphatic rings. The summed E-state index contributed by atoms with van der Waals surface area (Å²) in [6, 6.07) is 8.20. The van der Waals surface area contributed by atoms with Crippen LogP contribution in [0, 0.1) is 0 Å². The number of hydrogen-bond donors (Lipinski definition) is 2. The van der Waals surface area contributed by atoms with Crippen molar-refractivity contribution < 1.29 is 0 Å². The van der Waals surface area contributed by atoms with E-state index in [0.29, 0.717) is 11.7 Å². The lowest BCUT2D eigenvalue weighted by Gasteiger charge is -2.25. The van der Waals surface area contributed by atoms with Gasteiger partial charge in [-0.3, -0.25) is 5.73 Å². The van der Waals surface area contributed by atoms with E-state index in [2.05, 4.69) is 10.6 Å². The first-order valence-corrected chi connectivity index (χ1v) is 5.14. The fourth-order valence-electron chi connectivity index (χ4n) is 1.80. The van der Waals surface area contributed by atoms with E-state index in [1.807, 2.05) is 24.3 Å². The van der Waals surface area contributed by atoms with Crippen molar-refractivity contribution in [2.45, 2.75) is 18.9 Å². The largest absolute Gasteiger partial charge is 0.380 e. The highest BCUT2D eigenvalue weighted by Crippen LogP contribution is 2.21. The van der Waals surface area contributed by atoms with Crippen molar-refractivity contribution in [2.24, 2.45) is 0 Å². The summed E-state index contributed by atoms with van der Waals surface area (Å²) < 4.78 is 0. The van der Waals surface area contributed by atoms with Gasteiger partial charge in [0.25, 0.3) is 0 Å². The first-order chi connectivity index (χ1) is 6.86. The molecule has 0 aliphatic carbocycles. The summed E-state index contributed by atoms with van der Waals surface area (Å²) >= 11 is 0. The highest BCUT2D eigenvalue weighted by atomic mass is 15.0. The minimum absolute atomic E-state index is 0.530. The molecular formula is C11H16N3. The second-order valence-corrected chi connectivity index (χ2v) is 3.71. The molecule has 0 amide bonds. The van der Waals surface area contributed by atoms with E-state index in [-0.39, 0.29) is 0 Å². The summed E-state index contributed by atoms with van der Waals surface area (Å²) in [6.45, 7) is 2.16. The van der Waals surface area contributed by atoms with Crippen LogP contribution in [0.3, 0.4) is 0 Å². The average Bonchev–Trinajstić information content (AvgIpc) is 2.23. The number of rotatable bonds is 2. The lowest BCUT2D eigenvalue weighted by atomic mass is 10.1. The summed E-state index contributed by atoms with van der Waals surface area (Å²) in [7, 11) is 0. The van der Waals surface area contributed by atoms with Gasteiger partial charge in [-0.2, -0.15) is 0 Å². The maximum atomic E-state index is 7.71. The van der Waals surface area contributed by atoms with Gasteiger partial charge in [0.1, 0.15) is 0 Å². The number of hydrogen-bond acceptors (Lipinski definition) is 2. The molecule has 3 nitrogen and oxygen atoms in total. The molecule has 2 rings (SSSR count). The summed E-state index contributed by atoms with van der Waals surface area (Å²) in [6.07, 6.45) is 2.29. The van der Waals surface area contributed by atoms with Gasteiger partial charge in [-0.1, -0.05) is 12.1 Å². The lowest BCUT2D eigenvalue weighted by molar-refractivity contribution is 0.479. The second kappa shape index (κ2) is 4.33. The molecule has 0 saturated carbocycles. The van der Waals surface area contributed by atoms with E-state index in [4.69, 9.17) is 5.73 Å². The average molecular weight is 190 g/mol. The first-order valence-electron chi connectivity index (χ1n) is 5.14. The molecule has 0 bridgehead atoms. The van der Waals surface area contributed by atoms with Gasteiger partial charge in [0.2, 0.25) is 0 Å². The van der Waals surface area contributed by atoms with Gasteiger partial charge in [-0.15, -0.1) is 0 Å². The molecule has 0 spiro atoms. The minimum Gasteiger partial charge on any atom is -0.380 e. The Morgan fingerprint density at radius 2 is 1.93 bits per heavy atom. The monoisotopic (exact) mass is 190 g/mol. The Kier molecular flexibility index (Phi) is 2.89. The van der Waals surface area contributed by atoms with E-state index in [1.54, 1.807) is 0 Å². The molecule has 1 aromatic carbocycles. The van der Waals surface area contributed by atoms with Gasteiger partial charge in [-0.05, 0) is 38.1 Å². The molecule has 0 atom stereocenters. The van der Waals surface area contributed by atoms with Crippen LogP contribution in [0.15, 0.2) is 24.3 Å². The van der Waals surface area contributed by atoms with Crippen LogP contribution in [0.2, 0.25) is 0 Å². The minimum atomic E-state index is 0.530. The van der Waals surface area contributed by atoms with Crippen molar-refractivity contribution in [3.05, 3.63) is 24.3 Å². The molecular weight excluding hydrogens is 174 g/mol. The topological polar surface area (TPSA) is 47.9 Å². The van der Waals surface area contributed by atoms with Gasteiger partial charge in [0.15, 0.2) is 0 Å². The molecule has 1 aliphatic heterocycles. The van der Waals surface area contributed by atoms with Crippen molar-refractivity contribution in [1.29, 1.82) is 0 Å². The molecule has 1 fully saturated rings. The Morgan fingerprint density at radius 1 is 1.21 bits per heavy atom. The normalized spacial score (nSPS) is 18.0. The molecule has 75 valence electrons. The molecule has 0 aromatic heterocycles. The van der Waals surface area contributed by atoms with Gasteiger partial charge < -0.3 is 10.6 Å². The maximum absolute atomic E-state index is 7.71. The Hall–Kier alpha value is -1.22. The Balaban J connectivity index is 1.99. The Bertz CT molecular complexity index is 292. The van der Waals surface area contributed by atoms with Crippen molar-refractivity contribution >= 4 is 11.4 Å². The number of benzene rings is 1. The molecule has 1 radical (unpaired) electrons. The quantitative estimate of drug-likeness (QED) is 0.746. The van der Waals surface area contributed by atoms with Crippen LogP contribution in [-0.2, 0) is 0 Å². The van der Waals surface area contributed by atoms with Gasteiger partial charge in [0, 0.05) is 6.04 Å². The molecule has 0 unspecified atom stereocenters. The van der Waals surface area contributed by atoms with Crippen LogP contribution in [0.4, 0.5) is 11.4 Å². The van der Waals surface area contributed by atoms with Gasteiger partial charge in [-0.25, -0.2) is 0 Å². The highest BCUT2D eigenvalue weighted by Gasteiger charge is 2.12. The van der Waals surface area contributed by atoms with Crippen molar-refractivity contribution in [3.63, 3.8) is 0 Å². The molecule has 3 N–H and O–H groups in total. The summed E-state index contributed by atoms with van der Waals surface area (Å²) in [5, 5.41) is 6.75. The third kappa shape index (κ3) is 2.17. The van der Waals surface area contributed by atoms with Crippen molar-refractivity contribution in [1.82, 2.24) is 11.1 Å². The zero-order chi connectivity index (χ0) is 9.80. The van der Waals surface area contributed by atoms with Gasteiger partial charge >= 0.3 is 0 Å². The van der Waals surface area contributed by atoms with Crippen LogP contribution in [-0.4, -0.2) is 19.1 Å². The highest BCUT2D eigenvalue weighted by molar-refractivity contribution is 5.63. The molecule has 1 heterocycles. The maximum Gasteiger partial charge on any atom is 0.0771 e. The van der Waals surface area contributed by atoms with Gasteiger partial charge in [0.05, 0.1) is 11.4 Å². The lowest BCUT2D eigenvalue weighted by Crippen LogP contribution is -2.35. The number of piperidine rings is 1. The third-order valence-corrected chi connectivity index (χ3v) is 2.63. The van der Waals surface area contributed by atoms with E-state index in [0.717, 1.165) is 31.6 Å². The zero-order valence-corrected chi connectivity index (χ0v) is 8.22. The fraction of sp³-hybridized carbons (Fsp3) is 0.455. The second-order valence-electron chi connectivity index (χ2n) is 3.71. The molecule has 1 saturated heterocycles. The zero-order valence-electron chi connectivity index (χ0n) is 8.22. The number of para-hydroxylation sites is 1. The van der Waals surface area contributed by atoms with E-state index in [1.165, 1.54) is 0 Å². The first kappa shape index (κ1) is 9.34. The number of anilines is 1. The molecule has 3 heteroatoms. The smallest absolute Gasteiger partial charge is 0.0771 e. The standard InChI is InChI=1S/C11H16N3/c12-10-3-1-2-4-11(10)14-9-5-7-13-8-6-9/h1-4,9,12-14H,5-8H2.